The SMILES string of the molecule is C[C@H](OC(=O)C1(c2ccc(F)cc2)CCCC1)C(=O)Nc1ccccc1C#N. The van der Waals surface area contributed by atoms with Gasteiger partial charge in [0.05, 0.1) is 16.7 Å². The van der Waals surface area contributed by atoms with Crippen molar-refractivity contribution >= 4 is 17.6 Å². The lowest BCUT2D eigenvalue weighted by Crippen LogP contribution is -2.40. The Balaban J connectivity index is 1.74. The summed E-state index contributed by atoms with van der Waals surface area (Å²) >= 11 is 0. The molecule has 0 aliphatic heterocycles. The molecule has 3 rings (SSSR count). The molecule has 2 aromatic carbocycles. The molecular weight excluding hydrogens is 359 g/mol. The van der Waals surface area contributed by atoms with Gasteiger partial charge < -0.3 is 10.1 Å². The summed E-state index contributed by atoms with van der Waals surface area (Å²) in [5, 5.41) is 11.8. The molecule has 1 saturated carbocycles. The molecule has 0 heterocycles. The van der Waals surface area contributed by atoms with Crippen LogP contribution in [-0.4, -0.2) is 18.0 Å². The average molecular weight is 380 g/mol. The second kappa shape index (κ2) is 8.22. The van der Waals surface area contributed by atoms with Crippen LogP contribution in [0.4, 0.5) is 10.1 Å². The molecule has 1 amide bonds. The second-order valence-corrected chi connectivity index (χ2v) is 6.99. The van der Waals surface area contributed by atoms with Crippen LogP contribution in [0.3, 0.4) is 0 Å². The van der Waals surface area contributed by atoms with E-state index in [9.17, 15) is 14.0 Å². The minimum Gasteiger partial charge on any atom is -0.452 e. The second-order valence-electron chi connectivity index (χ2n) is 6.99. The van der Waals surface area contributed by atoms with Crippen LogP contribution in [0.5, 0.6) is 0 Å². The third-order valence-corrected chi connectivity index (χ3v) is 5.20. The molecule has 0 unspecified atom stereocenters. The van der Waals surface area contributed by atoms with E-state index in [4.69, 9.17) is 10.00 Å². The fourth-order valence-electron chi connectivity index (χ4n) is 3.61. The van der Waals surface area contributed by atoms with Crippen molar-refractivity contribution in [3.63, 3.8) is 0 Å². The number of rotatable bonds is 5. The zero-order valence-electron chi connectivity index (χ0n) is 15.6. The quantitative estimate of drug-likeness (QED) is 0.793. The molecule has 1 N–H and O–H groups in total. The van der Waals surface area contributed by atoms with Gasteiger partial charge in [-0.2, -0.15) is 5.26 Å². The molecule has 1 aliphatic carbocycles. The number of nitrogens with one attached hydrogen (secondary N) is 1. The van der Waals surface area contributed by atoms with Crippen LogP contribution in [0.2, 0.25) is 0 Å². The van der Waals surface area contributed by atoms with E-state index in [1.807, 2.05) is 6.07 Å². The summed E-state index contributed by atoms with van der Waals surface area (Å²) in [4.78, 5) is 25.5. The van der Waals surface area contributed by atoms with Gasteiger partial charge in [-0.1, -0.05) is 37.1 Å². The van der Waals surface area contributed by atoms with E-state index in [1.165, 1.54) is 19.1 Å². The topological polar surface area (TPSA) is 79.2 Å². The Morgan fingerprint density at radius 2 is 1.79 bits per heavy atom. The van der Waals surface area contributed by atoms with E-state index >= 15 is 0 Å². The lowest BCUT2D eigenvalue weighted by Gasteiger charge is -2.28. The van der Waals surface area contributed by atoms with Gasteiger partial charge in [0.1, 0.15) is 11.9 Å². The maximum atomic E-state index is 13.3. The number of carbonyl (C=O) groups is 2. The van der Waals surface area contributed by atoms with Crippen LogP contribution in [0.25, 0.3) is 0 Å². The van der Waals surface area contributed by atoms with Crippen molar-refractivity contribution in [3.8, 4) is 6.07 Å². The number of nitriles is 1. The van der Waals surface area contributed by atoms with Gasteiger partial charge in [0.15, 0.2) is 6.10 Å². The van der Waals surface area contributed by atoms with Crippen molar-refractivity contribution in [2.24, 2.45) is 0 Å². The Labute approximate surface area is 163 Å². The van der Waals surface area contributed by atoms with Crippen LogP contribution in [0.15, 0.2) is 48.5 Å². The number of esters is 1. The lowest BCUT2D eigenvalue weighted by atomic mass is 9.79. The molecule has 1 aliphatic rings. The minimum atomic E-state index is -1.03. The first kappa shape index (κ1) is 19.6. The summed E-state index contributed by atoms with van der Waals surface area (Å²) in [6, 6.07) is 14.5. The van der Waals surface area contributed by atoms with Gasteiger partial charge in [0.2, 0.25) is 0 Å². The fourth-order valence-corrected chi connectivity index (χ4v) is 3.61. The molecule has 28 heavy (non-hydrogen) atoms. The van der Waals surface area contributed by atoms with Crippen molar-refractivity contribution in [1.29, 1.82) is 5.26 Å². The highest BCUT2D eigenvalue weighted by Crippen LogP contribution is 2.42. The number of nitrogens with zero attached hydrogens (tertiary/aromatic N) is 1. The van der Waals surface area contributed by atoms with E-state index in [2.05, 4.69) is 5.32 Å². The van der Waals surface area contributed by atoms with Gasteiger partial charge >= 0.3 is 5.97 Å². The molecule has 0 aromatic heterocycles. The summed E-state index contributed by atoms with van der Waals surface area (Å²) < 4.78 is 18.8. The van der Waals surface area contributed by atoms with Crippen molar-refractivity contribution in [2.75, 3.05) is 5.32 Å². The molecule has 1 atom stereocenters. The van der Waals surface area contributed by atoms with Crippen LogP contribution in [0.1, 0.15) is 43.7 Å². The largest absolute Gasteiger partial charge is 0.452 e. The zero-order chi connectivity index (χ0) is 20.1. The number of hydrogen-bond donors (Lipinski definition) is 1. The molecule has 0 bridgehead atoms. The van der Waals surface area contributed by atoms with Crippen LogP contribution < -0.4 is 5.32 Å². The van der Waals surface area contributed by atoms with Gasteiger partial charge in [0, 0.05) is 0 Å². The molecule has 0 radical (unpaired) electrons. The molecule has 5 nitrogen and oxygen atoms in total. The van der Waals surface area contributed by atoms with E-state index in [0.29, 0.717) is 29.7 Å². The number of anilines is 1. The van der Waals surface area contributed by atoms with Crippen molar-refractivity contribution in [2.45, 2.75) is 44.1 Å². The average Bonchev–Trinajstić information content (AvgIpc) is 3.20. The highest BCUT2D eigenvalue weighted by atomic mass is 19.1. The van der Waals surface area contributed by atoms with Crippen molar-refractivity contribution < 1.29 is 18.7 Å². The third-order valence-electron chi connectivity index (χ3n) is 5.20. The highest BCUT2D eigenvalue weighted by molar-refractivity contribution is 5.97. The summed E-state index contributed by atoms with van der Waals surface area (Å²) in [6.07, 6.45) is 1.90. The predicted molar refractivity (Wildman–Crippen MR) is 102 cm³/mol. The first-order valence-electron chi connectivity index (χ1n) is 9.23. The van der Waals surface area contributed by atoms with E-state index in [-0.39, 0.29) is 5.82 Å². The van der Waals surface area contributed by atoms with E-state index in [0.717, 1.165) is 12.8 Å². The number of halogens is 1. The summed E-state index contributed by atoms with van der Waals surface area (Å²) in [5.74, 6) is -1.36. The third kappa shape index (κ3) is 3.89. The Hall–Kier alpha value is -3.20. The minimum absolute atomic E-state index is 0.327. The molecule has 1 fully saturated rings. The number of carbonyl (C=O) groups excluding carboxylic acids is 2. The first-order chi connectivity index (χ1) is 13.5. The van der Waals surface area contributed by atoms with E-state index < -0.39 is 23.4 Å². The van der Waals surface area contributed by atoms with Gasteiger partial charge in [-0.3, -0.25) is 9.59 Å². The molecule has 0 saturated heterocycles. The van der Waals surface area contributed by atoms with Crippen LogP contribution in [-0.2, 0) is 19.7 Å². The fraction of sp³-hybridized carbons (Fsp3) is 0.318. The standard InChI is InChI=1S/C22H21FN2O3/c1-15(20(26)25-19-7-3-2-6-16(19)14-24)28-21(27)22(12-4-5-13-22)17-8-10-18(23)11-9-17/h2-3,6-11,15H,4-5,12-13H2,1H3,(H,25,26)/t15-/m0/s1. The molecule has 144 valence electrons. The Morgan fingerprint density at radius 3 is 2.43 bits per heavy atom. The Bertz CT molecular complexity index is 912. The maximum absolute atomic E-state index is 13.3. The molecule has 2 aromatic rings. The van der Waals surface area contributed by atoms with Crippen LogP contribution in [0, 0.1) is 17.1 Å². The summed E-state index contributed by atoms with van der Waals surface area (Å²) in [7, 11) is 0. The molecule has 0 spiro atoms. The number of para-hydroxylation sites is 1. The van der Waals surface area contributed by atoms with Crippen LogP contribution >= 0.6 is 0 Å². The lowest BCUT2D eigenvalue weighted by molar-refractivity contribution is -0.159. The van der Waals surface area contributed by atoms with Crippen molar-refractivity contribution in [1.82, 2.24) is 0 Å². The van der Waals surface area contributed by atoms with Gasteiger partial charge in [-0.25, -0.2) is 4.39 Å². The highest BCUT2D eigenvalue weighted by Gasteiger charge is 2.45. The smallest absolute Gasteiger partial charge is 0.317 e. The summed E-state index contributed by atoms with van der Waals surface area (Å²) in [5.41, 5.74) is 0.547. The van der Waals surface area contributed by atoms with Gasteiger partial charge in [0.25, 0.3) is 5.91 Å². The molecular formula is C22H21FN2O3. The van der Waals surface area contributed by atoms with Crippen molar-refractivity contribution in [3.05, 3.63) is 65.5 Å². The number of hydrogen-bond acceptors (Lipinski definition) is 4. The maximum Gasteiger partial charge on any atom is 0.317 e. The number of ether oxygens (including phenoxy) is 1. The number of benzene rings is 2. The molecule has 6 heteroatoms. The Kier molecular flexibility index (Phi) is 5.74. The Morgan fingerprint density at radius 1 is 1.14 bits per heavy atom. The van der Waals surface area contributed by atoms with Gasteiger partial charge in [-0.15, -0.1) is 0 Å². The normalized spacial score (nSPS) is 16.0. The van der Waals surface area contributed by atoms with Gasteiger partial charge in [-0.05, 0) is 49.6 Å². The predicted octanol–water partition coefficient (Wildman–Crippen LogP) is 4.08. The van der Waals surface area contributed by atoms with E-state index in [1.54, 1.807) is 36.4 Å². The summed E-state index contributed by atoms with van der Waals surface area (Å²) in [6.45, 7) is 1.50. The monoisotopic (exact) mass is 380 g/mol. The zero-order valence-corrected chi connectivity index (χ0v) is 15.6. The first-order valence-corrected chi connectivity index (χ1v) is 9.23. The number of amides is 1.